The minimum absolute atomic E-state index is 0.135. The predicted octanol–water partition coefficient (Wildman–Crippen LogP) is 6.86. The zero-order valence-electron chi connectivity index (χ0n) is 14.7. The maximum Gasteiger partial charge on any atom is 0.0181 e. The van der Waals surface area contributed by atoms with Gasteiger partial charge in [-0.2, -0.15) is 0 Å². The van der Waals surface area contributed by atoms with Crippen molar-refractivity contribution in [3.8, 4) is 0 Å². The molecular formula is C22H25Br. The van der Waals surface area contributed by atoms with Gasteiger partial charge in [-0.1, -0.05) is 87.0 Å². The Bertz CT molecular complexity index is 773. The van der Waals surface area contributed by atoms with Gasteiger partial charge < -0.3 is 0 Å². The van der Waals surface area contributed by atoms with Crippen LogP contribution in [-0.2, 0) is 10.8 Å². The standard InChI is InChI=1S/C22H25Br/c1-21(2,3)19-9-7-6-8-17(19)16-12-13-22(4,5)20-11-10-15(23)14-18(16)20/h6-12,14H,13H2,1-5H3. The van der Waals surface area contributed by atoms with E-state index in [1.807, 2.05) is 0 Å². The van der Waals surface area contributed by atoms with Crippen molar-refractivity contribution >= 4 is 21.5 Å². The Kier molecular flexibility index (Phi) is 4.04. The van der Waals surface area contributed by atoms with Gasteiger partial charge >= 0.3 is 0 Å². The Morgan fingerprint density at radius 3 is 2.35 bits per heavy atom. The first kappa shape index (κ1) is 16.5. The number of hydrogen-bond acceptors (Lipinski definition) is 0. The second-order valence-electron chi connectivity index (χ2n) is 8.19. The summed E-state index contributed by atoms with van der Waals surface area (Å²) in [5.41, 5.74) is 7.30. The van der Waals surface area contributed by atoms with Crippen LogP contribution in [0.25, 0.3) is 5.57 Å². The van der Waals surface area contributed by atoms with E-state index in [9.17, 15) is 0 Å². The molecule has 0 radical (unpaired) electrons. The lowest BCUT2D eigenvalue weighted by molar-refractivity contribution is 0.527. The Morgan fingerprint density at radius 2 is 1.65 bits per heavy atom. The zero-order valence-corrected chi connectivity index (χ0v) is 16.3. The van der Waals surface area contributed by atoms with Gasteiger partial charge in [0.25, 0.3) is 0 Å². The summed E-state index contributed by atoms with van der Waals surface area (Å²) in [6.07, 6.45) is 3.51. The maximum atomic E-state index is 3.66. The average Bonchev–Trinajstić information content (AvgIpc) is 2.46. The predicted molar refractivity (Wildman–Crippen MR) is 104 cm³/mol. The summed E-state index contributed by atoms with van der Waals surface area (Å²) in [7, 11) is 0. The van der Waals surface area contributed by atoms with Crippen molar-refractivity contribution in [2.45, 2.75) is 51.9 Å². The van der Waals surface area contributed by atoms with Crippen LogP contribution in [0.1, 0.15) is 63.3 Å². The third kappa shape index (κ3) is 3.04. The summed E-state index contributed by atoms with van der Waals surface area (Å²) in [6, 6.07) is 15.6. The third-order valence-electron chi connectivity index (χ3n) is 4.84. The first-order valence-electron chi connectivity index (χ1n) is 8.30. The maximum absolute atomic E-state index is 3.66. The normalized spacial score (nSPS) is 16.7. The summed E-state index contributed by atoms with van der Waals surface area (Å²) < 4.78 is 1.15. The van der Waals surface area contributed by atoms with Crippen molar-refractivity contribution in [1.29, 1.82) is 0 Å². The topological polar surface area (TPSA) is 0 Å². The van der Waals surface area contributed by atoms with Crippen LogP contribution in [0.2, 0.25) is 0 Å². The highest BCUT2D eigenvalue weighted by Crippen LogP contribution is 2.44. The lowest BCUT2D eigenvalue weighted by Gasteiger charge is -2.34. The Balaban J connectivity index is 2.25. The van der Waals surface area contributed by atoms with Gasteiger partial charge in [0.05, 0.1) is 0 Å². The van der Waals surface area contributed by atoms with E-state index < -0.39 is 0 Å². The highest BCUT2D eigenvalue weighted by atomic mass is 79.9. The molecule has 0 aromatic heterocycles. The summed E-state index contributed by atoms with van der Waals surface area (Å²) in [6.45, 7) is 11.5. The second kappa shape index (κ2) is 5.63. The molecule has 0 N–H and O–H groups in total. The van der Waals surface area contributed by atoms with Gasteiger partial charge in [-0.05, 0) is 57.2 Å². The molecule has 0 unspecified atom stereocenters. The number of fused-ring (bicyclic) bond motifs is 1. The minimum atomic E-state index is 0.135. The van der Waals surface area contributed by atoms with Gasteiger partial charge in [0.1, 0.15) is 0 Å². The molecule has 0 saturated carbocycles. The SMILES string of the molecule is CC(C)(C)c1ccccc1C1=CCC(C)(C)c2ccc(Br)cc21. The lowest BCUT2D eigenvalue weighted by atomic mass is 9.70. The largest absolute Gasteiger partial charge is 0.0752 e. The van der Waals surface area contributed by atoms with E-state index >= 15 is 0 Å². The van der Waals surface area contributed by atoms with E-state index in [-0.39, 0.29) is 10.8 Å². The van der Waals surface area contributed by atoms with Crippen LogP contribution in [0, 0.1) is 0 Å². The highest BCUT2D eigenvalue weighted by Gasteiger charge is 2.30. The van der Waals surface area contributed by atoms with E-state index in [0.717, 1.165) is 10.9 Å². The van der Waals surface area contributed by atoms with E-state index in [4.69, 9.17) is 0 Å². The molecule has 0 fully saturated rings. The van der Waals surface area contributed by atoms with Gasteiger partial charge in [0, 0.05) is 4.47 Å². The molecule has 2 aromatic carbocycles. The van der Waals surface area contributed by atoms with Crippen molar-refractivity contribution in [3.63, 3.8) is 0 Å². The van der Waals surface area contributed by atoms with Crippen molar-refractivity contribution in [2.75, 3.05) is 0 Å². The first-order valence-corrected chi connectivity index (χ1v) is 9.10. The first-order chi connectivity index (χ1) is 10.7. The van der Waals surface area contributed by atoms with E-state index in [1.54, 1.807) is 0 Å². The van der Waals surface area contributed by atoms with Gasteiger partial charge in [-0.3, -0.25) is 0 Å². The van der Waals surface area contributed by atoms with Crippen LogP contribution in [0.3, 0.4) is 0 Å². The molecule has 0 amide bonds. The van der Waals surface area contributed by atoms with Gasteiger partial charge in [-0.15, -0.1) is 0 Å². The van der Waals surface area contributed by atoms with Gasteiger partial charge in [0.15, 0.2) is 0 Å². The molecule has 0 atom stereocenters. The molecule has 1 aliphatic carbocycles. The van der Waals surface area contributed by atoms with Crippen LogP contribution < -0.4 is 0 Å². The van der Waals surface area contributed by atoms with Crippen molar-refractivity contribution in [1.82, 2.24) is 0 Å². The van der Waals surface area contributed by atoms with Crippen molar-refractivity contribution in [2.24, 2.45) is 0 Å². The molecule has 1 aliphatic rings. The Morgan fingerprint density at radius 1 is 0.957 bits per heavy atom. The highest BCUT2D eigenvalue weighted by molar-refractivity contribution is 9.10. The smallest absolute Gasteiger partial charge is 0.0181 e. The summed E-state index contributed by atoms with van der Waals surface area (Å²) in [4.78, 5) is 0. The van der Waals surface area contributed by atoms with Crippen molar-refractivity contribution < 1.29 is 0 Å². The van der Waals surface area contributed by atoms with Crippen LogP contribution >= 0.6 is 15.9 Å². The number of halogens is 1. The minimum Gasteiger partial charge on any atom is -0.0752 e. The molecule has 0 aliphatic heterocycles. The van der Waals surface area contributed by atoms with Crippen molar-refractivity contribution in [3.05, 3.63) is 75.3 Å². The molecule has 23 heavy (non-hydrogen) atoms. The molecule has 0 bridgehead atoms. The monoisotopic (exact) mass is 368 g/mol. The fourth-order valence-electron chi connectivity index (χ4n) is 3.53. The van der Waals surface area contributed by atoms with E-state index in [1.165, 1.54) is 27.8 Å². The molecule has 0 nitrogen and oxygen atoms in total. The molecule has 0 spiro atoms. The number of benzene rings is 2. The summed E-state index contributed by atoms with van der Waals surface area (Å²) in [5.74, 6) is 0. The van der Waals surface area contributed by atoms with E-state index in [0.29, 0.717) is 0 Å². The lowest BCUT2D eigenvalue weighted by Crippen LogP contribution is -2.23. The van der Waals surface area contributed by atoms with Gasteiger partial charge in [0.2, 0.25) is 0 Å². The average molecular weight is 369 g/mol. The summed E-state index contributed by atoms with van der Waals surface area (Å²) in [5, 5.41) is 0. The zero-order chi connectivity index (χ0) is 16.8. The fraction of sp³-hybridized carbons (Fsp3) is 0.364. The second-order valence-corrected chi connectivity index (χ2v) is 9.11. The Labute approximate surface area is 148 Å². The van der Waals surface area contributed by atoms with E-state index in [2.05, 4.69) is 99.1 Å². The molecule has 1 heteroatoms. The fourth-order valence-corrected chi connectivity index (χ4v) is 3.89. The molecule has 2 aromatic rings. The summed E-state index contributed by atoms with van der Waals surface area (Å²) >= 11 is 3.66. The number of rotatable bonds is 1. The molecule has 0 saturated heterocycles. The van der Waals surface area contributed by atoms with Crippen LogP contribution in [-0.4, -0.2) is 0 Å². The molecule has 120 valence electrons. The molecule has 3 rings (SSSR count). The molecular weight excluding hydrogens is 344 g/mol. The number of hydrogen-bond donors (Lipinski definition) is 0. The number of allylic oxidation sites excluding steroid dienone is 1. The Hall–Kier alpha value is -1.34. The quantitative estimate of drug-likeness (QED) is 0.515. The van der Waals surface area contributed by atoms with Crippen LogP contribution in [0.4, 0.5) is 0 Å². The van der Waals surface area contributed by atoms with Crippen LogP contribution in [0.5, 0.6) is 0 Å². The van der Waals surface area contributed by atoms with Crippen LogP contribution in [0.15, 0.2) is 53.0 Å². The molecule has 0 heterocycles. The van der Waals surface area contributed by atoms with Gasteiger partial charge in [-0.25, -0.2) is 0 Å². The third-order valence-corrected chi connectivity index (χ3v) is 5.34.